The Morgan fingerprint density at radius 2 is 2.00 bits per heavy atom. The number of esters is 1. The number of aliphatic hydroxyl groups excluding tert-OH is 1. The molecule has 1 unspecified atom stereocenters. The topological polar surface area (TPSA) is 104 Å². The SMILES string of the molecule is CCC(O)(OC(=O)CO)C(=O)O. The van der Waals surface area contributed by atoms with Crippen LogP contribution in [0.15, 0.2) is 0 Å². The van der Waals surface area contributed by atoms with Crippen LogP contribution in [0.2, 0.25) is 0 Å². The lowest BCUT2D eigenvalue weighted by atomic mass is 10.2. The third-order valence-corrected chi connectivity index (χ3v) is 1.23. The maximum Gasteiger partial charge on any atom is 0.377 e. The van der Waals surface area contributed by atoms with Crippen molar-refractivity contribution in [3.05, 3.63) is 0 Å². The van der Waals surface area contributed by atoms with Gasteiger partial charge in [0.15, 0.2) is 0 Å². The lowest BCUT2D eigenvalue weighted by Gasteiger charge is -2.20. The first-order chi connectivity index (χ1) is 5.46. The van der Waals surface area contributed by atoms with Gasteiger partial charge in [-0.2, -0.15) is 0 Å². The fourth-order valence-corrected chi connectivity index (χ4v) is 0.488. The van der Waals surface area contributed by atoms with Crippen LogP contribution in [0.5, 0.6) is 0 Å². The van der Waals surface area contributed by atoms with Crippen LogP contribution in [0.1, 0.15) is 13.3 Å². The van der Waals surface area contributed by atoms with Gasteiger partial charge in [-0.15, -0.1) is 0 Å². The second-order valence-electron chi connectivity index (χ2n) is 2.08. The number of hydrogen-bond acceptors (Lipinski definition) is 5. The average molecular weight is 178 g/mol. The van der Waals surface area contributed by atoms with Crippen molar-refractivity contribution >= 4 is 11.9 Å². The van der Waals surface area contributed by atoms with Crippen molar-refractivity contribution in [2.75, 3.05) is 6.61 Å². The Kier molecular flexibility index (Phi) is 3.65. The van der Waals surface area contributed by atoms with Crippen LogP contribution < -0.4 is 0 Å². The number of carbonyl (C=O) groups excluding carboxylic acids is 1. The quantitative estimate of drug-likeness (QED) is 0.365. The Hall–Kier alpha value is -1.14. The van der Waals surface area contributed by atoms with E-state index in [1.807, 2.05) is 0 Å². The molecule has 1 atom stereocenters. The Balaban J connectivity index is 4.34. The first-order valence-electron chi connectivity index (χ1n) is 3.24. The van der Waals surface area contributed by atoms with Crippen molar-refractivity contribution in [2.45, 2.75) is 19.1 Å². The summed E-state index contributed by atoms with van der Waals surface area (Å²) < 4.78 is 4.06. The van der Waals surface area contributed by atoms with E-state index in [9.17, 15) is 9.59 Å². The van der Waals surface area contributed by atoms with Crippen LogP contribution in [-0.2, 0) is 14.3 Å². The van der Waals surface area contributed by atoms with Crippen LogP contribution in [0.3, 0.4) is 0 Å². The summed E-state index contributed by atoms with van der Waals surface area (Å²) in [5, 5.41) is 25.6. The van der Waals surface area contributed by atoms with E-state index in [-0.39, 0.29) is 6.42 Å². The van der Waals surface area contributed by atoms with Crippen LogP contribution in [0.25, 0.3) is 0 Å². The second kappa shape index (κ2) is 4.03. The average Bonchev–Trinajstić information content (AvgIpc) is 2.03. The first-order valence-corrected chi connectivity index (χ1v) is 3.24. The molecule has 0 saturated carbocycles. The van der Waals surface area contributed by atoms with Gasteiger partial charge >= 0.3 is 17.7 Å². The second-order valence-corrected chi connectivity index (χ2v) is 2.08. The first kappa shape index (κ1) is 10.9. The Bertz CT molecular complexity index is 188. The van der Waals surface area contributed by atoms with E-state index >= 15 is 0 Å². The molecule has 0 heterocycles. The van der Waals surface area contributed by atoms with Gasteiger partial charge in [0.2, 0.25) is 0 Å². The molecule has 12 heavy (non-hydrogen) atoms. The normalized spacial score (nSPS) is 14.9. The summed E-state index contributed by atoms with van der Waals surface area (Å²) in [7, 11) is 0. The van der Waals surface area contributed by atoms with Gasteiger partial charge in [0.1, 0.15) is 6.61 Å². The molecule has 0 amide bonds. The van der Waals surface area contributed by atoms with Crippen LogP contribution in [0.4, 0.5) is 0 Å². The predicted octanol–water partition coefficient (Wildman–Crippen LogP) is -1.29. The van der Waals surface area contributed by atoms with E-state index in [4.69, 9.17) is 15.3 Å². The van der Waals surface area contributed by atoms with Crippen molar-refractivity contribution in [1.29, 1.82) is 0 Å². The molecule has 0 aliphatic heterocycles. The van der Waals surface area contributed by atoms with E-state index in [0.29, 0.717) is 0 Å². The van der Waals surface area contributed by atoms with Crippen molar-refractivity contribution < 1.29 is 29.6 Å². The summed E-state index contributed by atoms with van der Waals surface area (Å²) in [6, 6.07) is 0. The smallest absolute Gasteiger partial charge is 0.377 e. The van der Waals surface area contributed by atoms with Crippen molar-refractivity contribution in [2.24, 2.45) is 0 Å². The summed E-state index contributed by atoms with van der Waals surface area (Å²) in [4.78, 5) is 20.7. The van der Waals surface area contributed by atoms with Gasteiger partial charge < -0.3 is 20.1 Å². The minimum Gasteiger partial charge on any atom is -0.476 e. The van der Waals surface area contributed by atoms with Gasteiger partial charge in [-0.3, -0.25) is 0 Å². The standard InChI is InChI=1S/C6H10O6/c1-2-6(11,5(9)10)12-4(8)3-7/h7,11H,2-3H2,1H3,(H,9,10). The molecule has 6 nitrogen and oxygen atoms in total. The molecule has 0 spiro atoms. The molecule has 6 heteroatoms. The molecule has 0 rings (SSSR count). The van der Waals surface area contributed by atoms with Crippen molar-refractivity contribution in [1.82, 2.24) is 0 Å². The van der Waals surface area contributed by atoms with Crippen molar-refractivity contribution in [3.8, 4) is 0 Å². The number of rotatable bonds is 4. The fourth-order valence-electron chi connectivity index (χ4n) is 0.488. The van der Waals surface area contributed by atoms with E-state index in [1.54, 1.807) is 0 Å². The zero-order valence-electron chi connectivity index (χ0n) is 6.48. The van der Waals surface area contributed by atoms with Gasteiger partial charge in [-0.05, 0) is 0 Å². The number of aliphatic hydroxyl groups is 2. The Morgan fingerprint density at radius 1 is 1.50 bits per heavy atom. The third kappa shape index (κ3) is 2.48. The summed E-state index contributed by atoms with van der Waals surface area (Å²) in [5.74, 6) is -5.37. The van der Waals surface area contributed by atoms with Gasteiger partial charge in [0.05, 0.1) is 0 Å². The number of aliphatic carboxylic acids is 1. The molecular formula is C6H10O6. The molecule has 3 N–H and O–H groups in total. The Labute approximate surface area is 68.4 Å². The molecule has 0 aromatic heterocycles. The van der Waals surface area contributed by atoms with Gasteiger partial charge in [-0.1, -0.05) is 6.92 Å². The van der Waals surface area contributed by atoms with Gasteiger partial charge in [0, 0.05) is 6.42 Å². The number of ether oxygens (including phenoxy) is 1. The summed E-state index contributed by atoms with van der Waals surface area (Å²) in [6.07, 6.45) is -0.284. The summed E-state index contributed by atoms with van der Waals surface area (Å²) in [5.41, 5.74) is 0. The number of carbonyl (C=O) groups is 2. The highest BCUT2D eigenvalue weighted by molar-refractivity contribution is 5.80. The van der Waals surface area contributed by atoms with E-state index in [2.05, 4.69) is 4.74 Å². The van der Waals surface area contributed by atoms with E-state index in [1.165, 1.54) is 6.92 Å². The zero-order chi connectivity index (χ0) is 9.78. The minimum absolute atomic E-state index is 0.284. The Morgan fingerprint density at radius 3 is 2.25 bits per heavy atom. The monoisotopic (exact) mass is 178 g/mol. The molecule has 0 aromatic rings. The number of hydrogen-bond donors (Lipinski definition) is 3. The number of carboxylic acid groups (broad SMARTS) is 1. The lowest BCUT2D eigenvalue weighted by molar-refractivity contribution is -0.225. The molecule has 70 valence electrons. The third-order valence-electron chi connectivity index (χ3n) is 1.23. The van der Waals surface area contributed by atoms with Crippen molar-refractivity contribution in [3.63, 3.8) is 0 Å². The maximum atomic E-state index is 10.4. The summed E-state index contributed by atoms with van der Waals surface area (Å²) in [6.45, 7) is 0.369. The highest BCUT2D eigenvalue weighted by Gasteiger charge is 2.38. The largest absolute Gasteiger partial charge is 0.476 e. The predicted molar refractivity (Wildman–Crippen MR) is 36.1 cm³/mol. The zero-order valence-corrected chi connectivity index (χ0v) is 6.48. The van der Waals surface area contributed by atoms with E-state index < -0.39 is 24.3 Å². The highest BCUT2D eigenvalue weighted by atomic mass is 16.7. The van der Waals surface area contributed by atoms with E-state index in [0.717, 1.165) is 0 Å². The molecular weight excluding hydrogens is 168 g/mol. The van der Waals surface area contributed by atoms with Crippen LogP contribution in [-0.4, -0.2) is 39.7 Å². The molecule has 0 aromatic carbocycles. The molecule has 0 aliphatic carbocycles. The molecule has 0 radical (unpaired) electrons. The highest BCUT2D eigenvalue weighted by Crippen LogP contribution is 2.11. The lowest BCUT2D eigenvalue weighted by Crippen LogP contribution is -2.43. The molecule has 0 aliphatic rings. The van der Waals surface area contributed by atoms with Gasteiger partial charge in [-0.25, -0.2) is 9.59 Å². The van der Waals surface area contributed by atoms with Crippen LogP contribution >= 0.6 is 0 Å². The molecule has 0 bridgehead atoms. The molecule has 0 fully saturated rings. The fraction of sp³-hybridized carbons (Fsp3) is 0.667. The maximum absolute atomic E-state index is 10.4. The summed E-state index contributed by atoms with van der Waals surface area (Å²) >= 11 is 0. The van der Waals surface area contributed by atoms with Crippen LogP contribution in [0, 0.1) is 0 Å². The molecule has 0 saturated heterocycles. The van der Waals surface area contributed by atoms with Gasteiger partial charge in [0.25, 0.3) is 0 Å². The number of carboxylic acids is 1. The minimum atomic E-state index is -2.53.